The molecule has 1 fully saturated rings. The second kappa shape index (κ2) is 6.36. The van der Waals surface area contributed by atoms with Gasteiger partial charge in [-0.15, -0.1) is 0 Å². The van der Waals surface area contributed by atoms with Crippen molar-refractivity contribution >= 4 is 23.2 Å². The van der Waals surface area contributed by atoms with Crippen LogP contribution < -0.4 is 5.32 Å². The first kappa shape index (κ1) is 14.8. The quantitative estimate of drug-likeness (QED) is 0.939. The van der Waals surface area contributed by atoms with Crippen molar-refractivity contribution in [3.63, 3.8) is 0 Å². The van der Waals surface area contributed by atoms with E-state index in [0.29, 0.717) is 17.1 Å². The van der Waals surface area contributed by atoms with Gasteiger partial charge in [0.05, 0.1) is 12.1 Å². The van der Waals surface area contributed by atoms with Crippen LogP contribution in [0.4, 0.5) is 5.69 Å². The third-order valence-electron chi connectivity index (χ3n) is 3.85. The van der Waals surface area contributed by atoms with Gasteiger partial charge in [-0.25, -0.2) is 4.98 Å². The number of hydrogen-bond donors (Lipinski definition) is 1. The molecule has 0 saturated carbocycles. The third kappa shape index (κ3) is 3.06. The fourth-order valence-electron chi connectivity index (χ4n) is 2.59. The van der Waals surface area contributed by atoms with Gasteiger partial charge in [0.2, 0.25) is 0 Å². The smallest absolute Gasteiger partial charge is 0.256 e. The molecule has 1 aromatic carbocycles. The summed E-state index contributed by atoms with van der Waals surface area (Å²) in [5, 5.41) is 7.85. The molecule has 1 aliphatic rings. The van der Waals surface area contributed by atoms with Gasteiger partial charge in [0.15, 0.2) is 0 Å². The SMILES string of the molecule is Cn1ncnc1CNc1ccc(Cl)cc1C(=O)N1CCCC1. The van der Waals surface area contributed by atoms with Crippen LogP contribution in [0.3, 0.4) is 0 Å². The molecule has 0 spiro atoms. The van der Waals surface area contributed by atoms with E-state index in [9.17, 15) is 4.79 Å². The summed E-state index contributed by atoms with van der Waals surface area (Å²) in [6.07, 6.45) is 3.64. The number of nitrogens with zero attached hydrogens (tertiary/aromatic N) is 4. The summed E-state index contributed by atoms with van der Waals surface area (Å²) in [5.41, 5.74) is 1.38. The number of halogens is 1. The minimum atomic E-state index is 0.0282. The molecular formula is C15H18ClN5O. The lowest BCUT2D eigenvalue weighted by molar-refractivity contribution is 0.0793. The molecule has 0 bridgehead atoms. The predicted molar refractivity (Wildman–Crippen MR) is 84.9 cm³/mol. The van der Waals surface area contributed by atoms with Crippen LogP contribution in [0.5, 0.6) is 0 Å². The fourth-order valence-corrected chi connectivity index (χ4v) is 2.76. The molecule has 1 amide bonds. The number of nitrogens with one attached hydrogen (secondary N) is 1. The van der Waals surface area contributed by atoms with E-state index in [-0.39, 0.29) is 5.91 Å². The highest BCUT2D eigenvalue weighted by molar-refractivity contribution is 6.31. The zero-order valence-electron chi connectivity index (χ0n) is 12.4. The van der Waals surface area contributed by atoms with E-state index in [1.54, 1.807) is 16.8 Å². The number of hydrogen-bond acceptors (Lipinski definition) is 4. The highest BCUT2D eigenvalue weighted by Crippen LogP contribution is 2.24. The van der Waals surface area contributed by atoms with Gasteiger partial charge in [-0.3, -0.25) is 9.48 Å². The van der Waals surface area contributed by atoms with Gasteiger partial charge >= 0.3 is 0 Å². The number of anilines is 1. The van der Waals surface area contributed by atoms with Crippen LogP contribution in [0.15, 0.2) is 24.5 Å². The Balaban J connectivity index is 1.81. The van der Waals surface area contributed by atoms with Gasteiger partial charge in [-0.2, -0.15) is 5.10 Å². The number of aryl methyl sites for hydroxylation is 1. The highest BCUT2D eigenvalue weighted by Gasteiger charge is 2.22. The molecule has 22 heavy (non-hydrogen) atoms. The molecule has 2 heterocycles. The summed E-state index contributed by atoms with van der Waals surface area (Å²) >= 11 is 6.07. The normalized spacial score (nSPS) is 14.4. The monoisotopic (exact) mass is 319 g/mol. The van der Waals surface area contributed by atoms with Crippen molar-refractivity contribution in [1.82, 2.24) is 19.7 Å². The summed E-state index contributed by atoms with van der Waals surface area (Å²) < 4.78 is 1.70. The Bertz CT molecular complexity index is 678. The zero-order chi connectivity index (χ0) is 15.5. The molecule has 3 rings (SSSR count). The van der Waals surface area contributed by atoms with E-state index in [4.69, 9.17) is 11.6 Å². The second-order valence-electron chi connectivity index (χ2n) is 5.34. The lowest BCUT2D eigenvalue weighted by Crippen LogP contribution is -2.28. The maximum Gasteiger partial charge on any atom is 0.256 e. The Hall–Kier alpha value is -2.08. The van der Waals surface area contributed by atoms with Gasteiger partial charge in [-0.1, -0.05) is 11.6 Å². The number of aromatic nitrogens is 3. The fraction of sp³-hybridized carbons (Fsp3) is 0.400. The van der Waals surface area contributed by atoms with E-state index in [1.807, 2.05) is 18.0 Å². The van der Waals surface area contributed by atoms with Crippen molar-refractivity contribution in [3.05, 3.63) is 40.9 Å². The van der Waals surface area contributed by atoms with Crippen molar-refractivity contribution in [2.45, 2.75) is 19.4 Å². The van der Waals surface area contributed by atoms with Crippen LogP contribution in [0.25, 0.3) is 0 Å². The summed E-state index contributed by atoms with van der Waals surface area (Å²) in [4.78, 5) is 18.7. The lowest BCUT2D eigenvalue weighted by Gasteiger charge is -2.18. The maximum absolute atomic E-state index is 12.6. The van der Waals surface area contributed by atoms with Gasteiger partial charge in [0, 0.05) is 30.8 Å². The van der Waals surface area contributed by atoms with Crippen LogP contribution >= 0.6 is 11.6 Å². The van der Waals surface area contributed by atoms with Gasteiger partial charge in [0.25, 0.3) is 5.91 Å². The van der Waals surface area contributed by atoms with E-state index in [2.05, 4.69) is 15.4 Å². The van der Waals surface area contributed by atoms with Crippen LogP contribution in [-0.4, -0.2) is 38.7 Å². The molecule has 0 unspecified atom stereocenters. The number of rotatable bonds is 4. The van der Waals surface area contributed by atoms with E-state index in [0.717, 1.165) is 37.4 Å². The Morgan fingerprint density at radius 2 is 2.14 bits per heavy atom. The van der Waals surface area contributed by atoms with Crippen molar-refractivity contribution in [1.29, 1.82) is 0 Å². The lowest BCUT2D eigenvalue weighted by atomic mass is 10.1. The van der Waals surface area contributed by atoms with E-state index >= 15 is 0 Å². The van der Waals surface area contributed by atoms with E-state index < -0.39 is 0 Å². The first-order valence-electron chi connectivity index (χ1n) is 7.31. The number of carbonyl (C=O) groups is 1. The van der Waals surface area contributed by atoms with Crippen molar-refractivity contribution in [2.24, 2.45) is 7.05 Å². The molecule has 7 heteroatoms. The van der Waals surface area contributed by atoms with Crippen molar-refractivity contribution in [3.8, 4) is 0 Å². The number of benzene rings is 1. The van der Waals surface area contributed by atoms with Crippen LogP contribution in [0.2, 0.25) is 5.02 Å². The topological polar surface area (TPSA) is 63.1 Å². The predicted octanol–water partition coefficient (Wildman–Crippen LogP) is 2.32. The Morgan fingerprint density at radius 3 is 2.82 bits per heavy atom. The minimum absolute atomic E-state index is 0.0282. The molecule has 1 aromatic heterocycles. The van der Waals surface area contributed by atoms with Gasteiger partial charge < -0.3 is 10.2 Å². The summed E-state index contributed by atoms with van der Waals surface area (Å²) in [7, 11) is 1.84. The molecule has 0 atom stereocenters. The summed E-state index contributed by atoms with van der Waals surface area (Å²) in [6.45, 7) is 2.13. The molecule has 1 aliphatic heterocycles. The third-order valence-corrected chi connectivity index (χ3v) is 4.08. The molecule has 6 nitrogen and oxygen atoms in total. The molecule has 0 radical (unpaired) electrons. The Morgan fingerprint density at radius 1 is 1.36 bits per heavy atom. The Kier molecular flexibility index (Phi) is 4.29. The first-order valence-corrected chi connectivity index (χ1v) is 7.68. The minimum Gasteiger partial charge on any atom is -0.377 e. The van der Waals surface area contributed by atoms with Crippen molar-refractivity contribution in [2.75, 3.05) is 18.4 Å². The summed E-state index contributed by atoms with van der Waals surface area (Å²) in [5.74, 6) is 0.829. The van der Waals surface area contributed by atoms with Gasteiger partial charge in [0.1, 0.15) is 12.2 Å². The molecule has 1 N–H and O–H groups in total. The highest BCUT2D eigenvalue weighted by atomic mass is 35.5. The maximum atomic E-state index is 12.6. The van der Waals surface area contributed by atoms with Gasteiger partial charge in [-0.05, 0) is 31.0 Å². The average Bonchev–Trinajstić information content (AvgIpc) is 3.17. The Labute approximate surface area is 134 Å². The molecular weight excluding hydrogens is 302 g/mol. The van der Waals surface area contributed by atoms with Crippen molar-refractivity contribution < 1.29 is 4.79 Å². The molecule has 0 aliphatic carbocycles. The second-order valence-corrected chi connectivity index (χ2v) is 5.78. The van der Waals surface area contributed by atoms with E-state index in [1.165, 1.54) is 6.33 Å². The van der Waals surface area contributed by atoms with Crippen LogP contribution in [0.1, 0.15) is 29.0 Å². The van der Waals surface area contributed by atoms with Crippen LogP contribution in [-0.2, 0) is 13.6 Å². The van der Waals surface area contributed by atoms with Crippen LogP contribution in [0, 0.1) is 0 Å². The average molecular weight is 320 g/mol. The molecule has 116 valence electrons. The number of likely N-dealkylation sites (tertiary alicyclic amines) is 1. The number of carbonyl (C=O) groups excluding carboxylic acids is 1. The standard InChI is InChI=1S/C15H18ClN5O/c1-20-14(18-10-19-20)9-17-13-5-4-11(16)8-12(13)15(22)21-6-2-3-7-21/h4-5,8,10,17H,2-3,6-7,9H2,1H3. The number of amides is 1. The zero-order valence-corrected chi connectivity index (χ0v) is 13.2. The summed E-state index contributed by atoms with van der Waals surface area (Å²) in [6, 6.07) is 5.34. The largest absolute Gasteiger partial charge is 0.377 e. The molecule has 1 saturated heterocycles. The first-order chi connectivity index (χ1) is 10.6. The molecule has 2 aromatic rings.